The van der Waals surface area contributed by atoms with Gasteiger partial charge in [-0.15, -0.1) is 4.28 Å². The zero-order valence-electron chi connectivity index (χ0n) is 14.8. The number of urea groups is 1. The summed E-state index contributed by atoms with van der Waals surface area (Å²) in [6, 6.07) is -1.53. The third kappa shape index (κ3) is 4.07. The minimum atomic E-state index is -4.62. The van der Waals surface area contributed by atoms with Gasteiger partial charge in [0.05, 0.1) is 24.7 Å². The van der Waals surface area contributed by atoms with Crippen LogP contribution in [0.25, 0.3) is 0 Å². The number of nitrogens with two attached hydrogens (primary N) is 1. The maximum atomic E-state index is 12.1. The molecule has 0 unspecified atom stereocenters. The summed E-state index contributed by atoms with van der Waals surface area (Å²) in [5.74, 6) is -1.31. The van der Waals surface area contributed by atoms with Crippen molar-refractivity contribution in [2.24, 2.45) is 11.1 Å². The lowest BCUT2D eigenvalue weighted by Gasteiger charge is -2.36. The van der Waals surface area contributed by atoms with Gasteiger partial charge in [0.2, 0.25) is 5.91 Å². The molecule has 0 aromatic carbocycles. The molecule has 0 spiro atoms. The smallest absolute Gasteiger partial charge is 0.421 e. The lowest BCUT2D eigenvalue weighted by atomic mass is 9.95. The molecule has 2 atom stereocenters. The van der Waals surface area contributed by atoms with Gasteiger partial charge < -0.3 is 15.8 Å². The molecule has 3 amide bonds. The van der Waals surface area contributed by atoms with E-state index in [9.17, 15) is 22.8 Å². The Kier molecular flexibility index (Phi) is 5.49. The number of nitrogens with zero attached hydrogens (tertiary/aromatic N) is 1. The Morgan fingerprint density at radius 3 is 2.65 bits per heavy atom. The Hall–Kier alpha value is -1.92. The van der Waals surface area contributed by atoms with E-state index in [-0.39, 0.29) is 19.4 Å². The van der Waals surface area contributed by atoms with E-state index in [4.69, 9.17) is 18.9 Å². The van der Waals surface area contributed by atoms with Crippen LogP contribution in [0.2, 0.25) is 0 Å². The number of amides is 3. The molecule has 12 heteroatoms. The fourth-order valence-corrected chi connectivity index (χ4v) is 3.73. The Morgan fingerprint density at radius 2 is 2.08 bits per heavy atom. The Bertz CT molecular complexity index is 707. The number of primary amides is 1. The summed E-state index contributed by atoms with van der Waals surface area (Å²) in [6.45, 7) is 4.14. The van der Waals surface area contributed by atoms with Crippen LogP contribution < -0.4 is 11.1 Å². The molecule has 148 valence electrons. The second-order valence-electron chi connectivity index (χ2n) is 6.95. The molecule has 11 nitrogen and oxygen atoms in total. The molecule has 2 rings (SSSR count). The average molecular weight is 393 g/mol. The second kappa shape index (κ2) is 7.00. The number of hydroxylamine groups is 2. The quantitative estimate of drug-likeness (QED) is 0.527. The third-order valence-corrected chi connectivity index (χ3v) is 5.15. The number of ether oxygens (including phenoxy) is 1. The summed E-state index contributed by atoms with van der Waals surface area (Å²) < 4.78 is 38.4. The normalized spacial score (nSPS) is 25.7. The number of nitrogens with one attached hydrogen (secondary N) is 1. The van der Waals surface area contributed by atoms with Crippen LogP contribution in [0.3, 0.4) is 0 Å². The molecule has 1 heterocycles. The van der Waals surface area contributed by atoms with Gasteiger partial charge >= 0.3 is 22.4 Å². The number of fused-ring (bicyclic) bond motifs is 2. The maximum Gasteiger partial charge on any atom is 0.421 e. The van der Waals surface area contributed by atoms with Gasteiger partial charge in [0.25, 0.3) is 0 Å². The monoisotopic (exact) mass is 393 g/mol. The Labute approximate surface area is 151 Å². The standard InChI is InChI=1S/C14H23N3O8S/c1-4-23-11(19)13(2,3)8-24-26(21,22)25-17-9-5-6-14(7-9,10(15)18)16-12(17)20/h9H,4-8H2,1-3H3,(H2,15,18)(H,16,20)/t9-,14+/m1/s1. The van der Waals surface area contributed by atoms with Crippen molar-refractivity contribution in [3.05, 3.63) is 0 Å². The summed E-state index contributed by atoms with van der Waals surface area (Å²) in [6.07, 6.45) is 0.763. The molecular formula is C14H23N3O8S. The molecule has 0 aromatic rings. The fraction of sp³-hybridized carbons (Fsp3) is 0.786. The van der Waals surface area contributed by atoms with E-state index in [0.29, 0.717) is 11.5 Å². The van der Waals surface area contributed by atoms with E-state index in [0.717, 1.165) is 0 Å². The van der Waals surface area contributed by atoms with Crippen molar-refractivity contribution >= 4 is 28.3 Å². The van der Waals surface area contributed by atoms with Crippen LogP contribution in [0.1, 0.15) is 40.0 Å². The van der Waals surface area contributed by atoms with Crippen LogP contribution in [0, 0.1) is 5.41 Å². The van der Waals surface area contributed by atoms with Gasteiger partial charge in [-0.3, -0.25) is 9.59 Å². The lowest BCUT2D eigenvalue weighted by molar-refractivity contribution is -0.155. The number of hydrogen-bond donors (Lipinski definition) is 2. The highest BCUT2D eigenvalue weighted by Gasteiger charge is 2.54. The topological polar surface area (TPSA) is 154 Å². The summed E-state index contributed by atoms with van der Waals surface area (Å²) >= 11 is 0. The van der Waals surface area contributed by atoms with Gasteiger partial charge in [-0.2, -0.15) is 13.5 Å². The number of esters is 1. The number of rotatable bonds is 8. The van der Waals surface area contributed by atoms with Crippen molar-refractivity contribution in [3.8, 4) is 0 Å². The minimum absolute atomic E-state index is 0.137. The largest absolute Gasteiger partial charge is 0.466 e. The first-order valence-corrected chi connectivity index (χ1v) is 9.43. The first-order valence-electron chi connectivity index (χ1n) is 8.10. The third-order valence-electron chi connectivity index (χ3n) is 4.40. The van der Waals surface area contributed by atoms with E-state index in [1.807, 2.05) is 0 Å². The van der Waals surface area contributed by atoms with Crippen LogP contribution in [0.5, 0.6) is 0 Å². The summed E-state index contributed by atoms with van der Waals surface area (Å²) in [5, 5.41) is 3.02. The van der Waals surface area contributed by atoms with Gasteiger partial charge in [0.1, 0.15) is 5.54 Å². The zero-order valence-corrected chi connectivity index (χ0v) is 15.6. The van der Waals surface area contributed by atoms with Crippen LogP contribution in [0.15, 0.2) is 0 Å². The second-order valence-corrected chi connectivity index (χ2v) is 8.15. The van der Waals surface area contributed by atoms with E-state index in [1.54, 1.807) is 6.92 Å². The van der Waals surface area contributed by atoms with Gasteiger partial charge in [0.15, 0.2) is 0 Å². The van der Waals surface area contributed by atoms with Crippen molar-refractivity contribution in [2.45, 2.75) is 51.6 Å². The van der Waals surface area contributed by atoms with Crippen molar-refractivity contribution in [3.63, 3.8) is 0 Å². The number of carbonyl (C=O) groups is 3. The fourth-order valence-electron chi connectivity index (χ4n) is 2.86. The highest BCUT2D eigenvalue weighted by Crippen LogP contribution is 2.37. The average Bonchev–Trinajstić information content (AvgIpc) is 2.91. The van der Waals surface area contributed by atoms with Gasteiger partial charge in [-0.25, -0.2) is 8.98 Å². The first kappa shape index (κ1) is 20.4. The molecule has 1 aliphatic carbocycles. The van der Waals surface area contributed by atoms with Crippen molar-refractivity contribution in [1.29, 1.82) is 0 Å². The Morgan fingerprint density at radius 1 is 1.42 bits per heavy atom. The maximum absolute atomic E-state index is 12.1. The molecule has 3 N–H and O–H groups in total. The van der Waals surface area contributed by atoms with Crippen LogP contribution >= 0.6 is 0 Å². The molecule has 0 aromatic heterocycles. The molecule has 1 saturated carbocycles. The predicted molar refractivity (Wildman–Crippen MR) is 86.3 cm³/mol. The van der Waals surface area contributed by atoms with Gasteiger partial charge in [-0.1, -0.05) is 0 Å². The van der Waals surface area contributed by atoms with Crippen LogP contribution in [-0.4, -0.2) is 56.2 Å². The summed E-state index contributed by atoms with van der Waals surface area (Å²) in [7, 11) is -4.62. The molecule has 2 bridgehead atoms. The van der Waals surface area contributed by atoms with E-state index >= 15 is 0 Å². The van der Waals surface area contributed by atoms with Crippen LogP contribution in [0.4, 0.5) is 4.79 Å². The molecule has 26 heavy (non-hydrogen) atoms. The highest BCUT2D eigenvalue weighted by molar-refractivity contribution is 7.81. The minimum Gasteiger partial charge on any atom is -0.466 e. The molecule has 0 radical (unpaired) electrons. The number of hydrogen-bond acceptors (Lipinski definition) is 8. The molecule has 2 fully saturated rings. The highest BCUT2D eigenvalue weighted by atomic mass is 32.3. The van der Waals surface area contributed by atoms with Gasteiger partial charge in [-0.05, 0) is 33.6 Å². The van der Waals surface area contributed by atoms with Gasteiger partial charge in [0, 0.05) is 6.42 Å². The van der Waals surface area contributed by atoms with E-state index in [2.05, 4.69) is 5.32 Å². The van der Waals surface area contributed by atoms with E-state index < -0.39 is 51.9 Å². The lowest BCUT2D eigenvalue weighted by Crippen LogP contribution is -2.64. The molecule has 1 aliphatic heterocycles. The number of carbonyl (C=O) groups excluding carboxylic acids is 3. The predicted octanol–water partition coefficient (Wildman–Crippen LogP) is -0.429. The molecule has 2 aliphatic rings. The van der Waals surface area contributed by atoms with Crippen molar-refractivity contribution < 1.29 is 36.0 Å². The molecular weight excluding hydrogens is 370 g/mol. The van der Waals surface area contributed by atoms with Crippen LogP contribution in [-0.2, 0) is 33.2 Å². The first-order chi connectivity index (χ1) is 11.9. The molecule has 1 saturated heterocycles. The summed E-state index contributed by atoms with van der Waals surface area (Å²) in [5.41, 5.74) is 2.91. The Balaban J connectivity index is 2.01. The summed E-state index contributed by atoms with van der Waals surface area (Å²) in [4.78, 5) is 35.5. The van der Waals surface area contributed by atoms with Crippen molar-refractivity contribution in [2.75, 3.05) is 13.2 Å². The zero-order chi connectivity index (χ0) is 19.8. The SMILES string of the molecule is CCOC(=O)C(C)(C)COS(=O)(=O)ON1C(=O)N[C@@]2(C(N)=O)CC[C@@H]1C2. The van der Waals surface area contributed by atoms with Crippen molar-refractivity contribution in [1.82, 2.24) is 10.4 Å². The van der Waals surface area contributed by atoms with E-state index in [1.165, 1.54) is 13.8 Å².